The average Bonchev–Trinajstić information content (AvgIpc) is 1.97. The first-order chi connectivity index (χ1) is 5.86. The minimum Gasteiger partial charge on any atom is -0.465 e. The zero-order valence-corrected chi connectivity index (χ0v) is 8.44. The van der Waals surface area contributed by atoms with E-state index in [1.54, 1.807) is 0 Å². The van der Waals surface area contributed by atoms with E-state index in [9.17, 15) is 9.59 Å². The number of hydrogen-bond donors (Lipinski definition) is 1. The molecule has 0 aliphatic rings. The quantitative estimate of drug-likeness (QED) is 0.710. The van der Waals surface area contributed by atoms with Crippen molar-refractivity contribution in [1.29, 1.82) is 0 Å². The van der Waals surface area contributed by atoms with Crippen LogP contribution in [-0.2, 0) is 0 Å². The van der Waals surface area contributed by atoms with Gasteiger partial charge in [0.15, 0.2) is 0 Å². The topological polar surface area (TPSA) is 60.9 Å². The Morgan fingerprint density at radius 1 is 1.31 bits per heavy atom. The van der Waals surface area contributed by atoms with Gasteiger partial charge in [-0.15, -0.1) is 0 Å². The molecule has 0 aliphatic heterocycles. The normalized spacial score (nSPS) is 9.92. The number of hydrogen-bond acceptors (Lipinski definition) is 2. The highest BCUT2D eigenvalue weighted by Gasteiger charge is 2.22. The maximum absolute atomic E-state index is 11.3. The third-order valence-corrected chi connectivity index (χ3v) is 1.39. The third kappa shape index (κ3) is 3.78. The van der Waals surface area contributed by atoms with Crippen LogP contribution in [0.1, 0.15) is 13.8 Å². The van der Waals surface area contributed by atoms with E-state index in [2.05, 4.69) is 0 Å². The first kappa shape index (κ1) is 11.7. The lowest BCUT2D eigenvalue weighted by molar-refractivity contribution is 0.132. The molecule has 3 amide bonds. The van der Waals surface area contributed by atoms with Crippen LogP contribution in [0.3, 0.4) is 0 Å². The standard InChI is InChI=1S/C8H16N2O3/c1-6(2)5-10(8(12)13)7(11)9(3)4/h6H,5H2,1-4H3,(H,12,13). The van der Waals surface area contributed by atoms with Crippen molar-refractivity contribution in [3.8, 4) is 0 Å². The summed E-state index contributed by atoms with van der Waals surface area (Å²) in [5.41, 5.74) is 0. The van der Waals surface area contributed by atoms with Gasteiger partial charge in [-0.25, -0.2) is 14.5 Å². The van der Waals surface area contributed by atoms with Gasteiger partial charge in [-0.3, -0.25) is 0 Å². The first-order valence-corrected chi connectivity index (χ1v) is 4.08. The van der Waals surface area contributed by atoms with Crippen molar-refractivity contribution >= 4 is 12.1 Å². The molecule has 5 nitrogen and oxygen atoms in total. The summed E-state index contributed by atoms with van der Waals surface area (Å²) in [4.78, 5) is 24.0. The minimum atomic E-state index is -1.20. The van der Waals surface area contributed by atoms with Gasteiger partial charge in [0.25, 0.3) is 0 Å². The highest BCUT2D eigenvalue weighted by Crippen LogP contribution is 2.02. The Labute approximate surface area is 77.9 Å². The van der Waals surface area contributed by atoms with Crippen LogP contribution < -0.4 is 0 Å². The zero-order chi connectivity index (χ0) is 10.6. The van der Waals surface area contributed by atoms with Gasteiger partial charge in [-0.1, -0.05) is 13.8 Å². The summed E-state index contributed by atoms with van der Waals surface area (Å²) in [7, 11) is 3.05. The fourth-order valence-electron chi connectivity index (χ4n) is 0.845. The van der Waals surface area contributed by atoms with E-state index in [0.29, 0.717) is 0 Å². The number of urea groups is 1. The van der Waals surface area contributed by atoms with E-state index in [1.165, 1.54) is 19.0 Å². The zero-order valence-electron chi connectivity index (χ0n) is 8.44. The Morgan fingerprint density at radius 2 is 1.77 bits per heavy atom. The minimum absolute atomic E-state index is 0.139. The maximum atomic E-state index is 11.3. The van der Waals surface area contributed by atoms with Gasteiger partial charge < -0.3 is 10.0 Å². The van der Waals surface area contributed by atoms with Crippen molar-refractivity contribution in [3.05, 3.63) is 0 Å². The number of carboxylic acid groups (broad SMARTS) is 1. The monoisotopic (exact) mass is 188 g/mol. The summed E-state index contributed by atoms with van der Waals surface area (Å²) in [5, 5.41) is 8.72. The molecule has 13 heavy (non-hydrogen) atoms. The van der Waals surface area contributed by atoms with Crippen LogP contribution in [-0.4, -0.2) is 47.7 Å². The lowest BCUT2D eigenvalue weighted by Crippen LogP contribution is -2.44. The molecule has 0 saturated heterocycles. The van der Waals surface area contributed by atoms with E-state index < -0.39 is 12.1 Å². The second-order valence-corrected chi connectivity index (χ2v) is 3.46. The second kappa shape index (κ2) is 4.69. The first-order valence-electron chi connectivity index (χ1n) is 4.08. The van der Waals surface area contributed by atoms with E-state index >= 15 is 0 Å². The maximum Gasteiger partial charge on any atom is 0.415 e. The van der Waals surface area contributed by atoms with E-state index in [1.807, 2.05) is 13.8 Å². The lowest BCUT2D eigenvalue weighted by Gasteiger charge is -2.22. The van der Waals surface area contributed by atoms with Gasteiger partial charge in [-0.2, -0.15) is 0 Å². The van der Waals surface area contributed by atoms with Gasteiger partial charge in [0.1, 0.15) is 0 Å². The average molecular weight is 188 g/mol. The summed E-state index contributed by atoms with van der Waals surface area (Å²) >= 11 is 0. The van der Waals surface area contributed by atoms with Crippen LogP contribution in [0.2, 0.25) is 0 Å². The largest absolute Gasteiger partial charge is 0.465 e. The second-order valence-electron chi connectivity index (χ2n) is 3.46. The van der Waals surface area contributed by atoms with Gasteiger partial charge in [0.2, 0.25) is 0 Å². The van der Waals surface area contributed by atoms with Crippen LogP contribution in [0.15, 0.2) is 0 Å². The fourth-order valence-corrected chi connectivity index (χ4v) is 0.845. The number of nitrogens with zero attached hydrogens (tertiary/aromatic N) is 2. The number of carbonyl (C=O) groups is 2. The Balaban J connectivity index is 4.43. The number of amides is 3. The van der Waals surface area contributed by atoms with Crippen molar-refractivity contribution in [3.63, 3.8) is 0 Å². The molecule has 0 aromatic rings. The SMILES string of the molecule is CC(C)CN(C(=O)O)C(=O)N(C)C. The summed E-state index contributed by atoms with van der Waals surface area (Å²) in [6, 6.07) is -0.499. The molecule has 0 bridgehead atoms. The van der Waals surface area contributed by atoms with Crippen molar-refractivity contribution in [2.24, 2.45) is 5.92 Å². The Bertz CT molecular complexity index is 202. The van der Waals surface area contributed by atoms with Gasteiger partial charge in [0, 0.05) is 20.6 Å². The number of carbonyl (C=O) groups excluding carboxylic acids is 1. The Kier molecular flexibility index (Phi) is 4.23. The summed E-state index contributed by atoms with van der Waals surface area (Å²) in [5.74, 6) is 0.139. The molecule has 0 radical (unpaired) electrons. The molecule has 0 heterocycles. The van der Waals surface area contributed by atoms with Crippen LogP contribution in [0.4, 0.5) is 9.59 Å². The molecule has 0 aliphatic carbocycles. The van der Waals surface area contributed by atoms with Crippen LogP contribution in [0.25, 0.3) is 0 Å². The highest BCUT2D eigenvalue weighted by molar-refractivity contribution is 5.89. The van der Waals surface area contributed by atoms with E-state index in [4.69, 9.17) is 5.11 Å². The molecule has 1 N–H and O–H groups in total. The summed E-state index contributed by atoms with van der Waals surface area (Å²) < 4.78 is 0. The third-order valence-electron chi connectivity index (χ3n) is 1.39. The summed E-state index contributed by atoms with van der Waals surface area (Å²) in [6.45, 7) is 3.95. The van der Waals surface area contributed by atoms with Crippen LogP contribution in [0.5, 0.6) is 0 Å². The molecule has 0 atom stereocenters. The molecular formula is C8H16N2O3. The molecule has 76 valence electrons. The number of imide groups is 1. The Morgan fingerprint density at radius 3 is 2.00 bits per heavy atom. The smallest absolute Gasteiger partial charge is 0.415 e. The molecule has 5 heteroatoms. The molecule has 0 rings (SSSR count). The van der Waals surface area contributed by atoms with E-state index in [0.717, 1.165) is 4.90 Å². The van der Waals surface area contributed by atoms with E-state index in [-0.39, 0.29) is 12.5 Å². The molecule has 0 spiro atoms. The van der Waals surface area contributed by atoms with Gasteiger partial charge >= 0.3 is 12.1 Å². The summed E-state index contributed by atoms with van der Waals surface area (Å²) in [6.07, 6.45) is -1.20. The molecule has 0 aromatic carbocycles. The van der Waals surface area contributed by atoms with Crippen molar-refractivity contribution < 1.29 is 14.7 Å². The fraction of sp³-hybridized carbons (Fsp3) is 0.750. The Hall–Kier alpha value is -1.26. The molecule has 0 unspecified atom stereocenters. The number of rotatable bonds is 2. The predicted molar refractivity (Wildman–Crippen MR) is 48.7 cm³/mol. The van der Waals surface area contributed by atoms with Crippen molar-refractivity contribution in [1.82, 2.24) is 9.80 Å². The van der Waals surface area contributed by atoms with Crippen LogP contribution >= 0.6 is 0 Å². The van der Waals surface area contributed by atoms with Crippen molar-refractivity contribution in [2.45, 2.75) is 13.8 Å². The van der Waals surface area contributed by atoms with Gasteiger partial charge in [-0.05, 0) is 5.92 Å². The van der Waals surface area contributed by atoms with Gasteiger partial charge in [0.05, 0.1) is 0 Å². The van der Waals surface area contributed by atoms with Crippen molar-refractivity contribution in [2.75, 3.05) is 20.6 Å². The molecule has 0 fully saturated rings. The lowest BCUT2D eigenvalue weighted by atomic mass is 10.2. The highest BCUT2D eigenvalue weighted by atomic mass is 16.4. The molecule has 0 saturated carbocycles. The van der Waals surface area contributed by atoms with Crippen LogP contribution in [0, 0.1) is 5.92 Å². The predicted octanol–water partition coefficient (Wildman–Crippen LogP) is 1.30. The molecule has 0 aromatic heterocycles. The molecular weight excluding hydrogens is 172 g/mol.